The van der Waals surface area contributed by atoms with E-state index in [0.717, 1.165) is 23.9 Å². The van der Waals surface area contributed by atoms with E-state index in [2.05, 4.69) is 4.83 Å². The SMILES string of the molecule is CS(=O)(=O)NN1CCc2ccc(CC(=O)O)cc21. The van der Waals surface area contributed by atoms with Crippen molar-refractivity contribution in [3.8, 4) is 0 Å². The maximum Gasteiger partial charge on any atom is 0.307 e. The number of nitrogens with one attached hydrogen (secondary N) is 1. The number of nitrogens with zero attached hydrogens (tertiary/aromatic N) is 1. The van der Waals surface area contributed by atoms with Crippen molar-refractivity contribution in [3.63, 3.8) is 0 Å². The molecule has 0 saturated heterocycles. The maximum absolute atomic E-state index is 11.2. The van der Waals surface area contributed by atoms with Crippen LogP contribution in [0, 0.1) is 0 Å². The molecule has 0 spiro atoms. The Labute approximate surface area is 105 Å². The number of hydrogen-bond donors (Lipinski definition) is 2. The van der Waals surface area contributed by atoms with Crippen molar-refractivity contribution in [2.24, 2.45) is 0 Å². The molecule has 98 valence electrons. The minimum Gasteiger partial charge on any atom is -0.481 e. The monoisotopic (exact) mass is 270 g/mol. The molecular weight excluding hydrogens is 256 g/mol. The lowest BCUT2D eigenvalue weighted by Crippen LogP contribution is -2.40. The molecule has 1 heterocycles. The van der Waals surface area contributed by atoms with Crippen molar-refractivity contribution in [3.05, 3.63) is 29.3 Å². The van der Waals surface area contributed by atoms with Gasteiger partial charge in [0.15, 0.2) is 0 Å². The van der Waals surface area contributed by atoms with Gasteiger partial charge in [-0.05, 0) is 23.6 Å². The normalized spacial score (nSPS) is 14.6. The van der Waals surface area contributed by atoms with Crippen LogP contribution in [0.4, 0.5) is 5.69 Å². The highest BCUT2D eigenvalue weighted by molar-refractivity contribution is 7.88. The third kappa shape index (κ3) is 2.99. The second kappa shape index (κ2) is 4.58. The van der Waals surface area contributed by atoms with Gasteiger partial charge >= 0.3 is 5.97 Å². The fourth-order valence-corrected chi connectivity index (χ4v) is 2.59. The van der Waals surface area contributed by atoms with Crippen LogP contribution in [-0.2, 0) is 27.7 Å². The minimum atomic E-state index is -3.33. The fraction of sp³-hybridized carbons (Fsp3) is 0.364. The Morgan fingerprint density at radius 2 is 2.22 bits per heavy atom. The highest BCUT2D eigenvalue weighted by Crippen LogP contribution is 2.28. The van der Waals surface area contributed by atoms with Gasteiger partial charge in [-0.1, -0.05) is 12.1 Å². The number of hydrazine groups is 1. The molecule has 1 aliphatic heterocycles. The number of sulfonamides is 1. The largest absolute Gasteiger partial charge is 0.481 e. The zero-order chi connectivity index (χ0) is 13.3. The summed E-state index contributed by atoms with van der Waals surface area (Å²) in [6.45, 7) is 0.554. The number of carboxylic acid groups (broad SMARTS) is 1. The first-order chi connectivity index (χ1) is 8.35. The molecule has 2 rings (SSSR count). The van der Waals surface area contributed by atoms with Crippen LogP contribution < -0.4 is 9.84 Å². The summed E-state index contributed by atoms with van der Waals surface area (Å²) in [7, 11) is -3.33. The predicted molar refractivity (Wildman–Crippen MR) is 66.8 cm³/mol. The number of benzene rings is 1. The molecule has 6 nitrogen and oxygen atoms in total. The van der Waals surface area contributed by atoms with E-state index >= 15 is 0 Å². The van der Waals surface area contributed by atoms with Crippen molar-refractivity contribution in [2.75, 3.05) is 17.8 Å². The van der Waals surface area contributed by atoms with Gasteiger partial charge in [0.05, 0.1) is 18.4 Å². The number of rotatable bonds is 4. The van der Waals surface area contributed by atoms with Crippen molar-refractivity contribution < 1.29 is 18.3 Å². The molecule has 2 N–H and O–H groups in total. The molecule has 1 aromatic carbocycles. The average Bonchev–Trinajstić information content (AvgIpc) is 2.58. The van der Waals surface area contributed by atoms with E-state index in [1.54, 1.807) is 12.1 Å². The van der Waals surface area contributed by atoms with Gasteiger partial charge in [0.1, 0.15) is 0 Å². The van der Waals surface area contributed by atoms with Crippen LogP contribution in [0.1, 0.15) is 11.1 Å². The van der Waals surface area contributed by atoms with Gasteiger partial charge < -0.3 is 5.11 Å². The van der Waals surface area contributed by atoms with Gasteiger partial charge in [-0.2, -0.15) is 0 Å². The molecular formula is C11H14N2O4S. The molecule has 0 atom stereocenters. The van der Waals surface area contributed by atoms with Gasteiger partial charge in [-0.25, -0.2) is 8.42 Å². The summed E-state index contributed by atoms with van der Waals surface area (Å²) in [5, 5.41) is 10.3. The number of carbonyl (C=O) groups is 1. The number of carboxylic acids is 1. The molecule has 0 amide bonds. The standard InChI is InChI=1S/C11H14N2O4S/c1-18(16,17)12-13-5-4-9-3-2-8(6-10(9)13)7-11(14)15/h2-3,6,12H,4-5,7H2,1H3,(H,14,15). The number of hydrogen-bond acceptors (Lipinski definition) is 4. The molecule has 0 aliphatic carbocycles. The second-order valence-electron chi connectivity index (χ2n) is 4.30. The third-order valence-electron chi connectivity index (χ3n) is 2.68. The molecule has 0 bridgehead atoms. The van der Waals surface area contributed by atoms with Crippen molar-refractivity contribution in [2.45, 2.75) is 12.8 Å². The highest BCUT2D eigenvalue weighted by Gasteiger charge is 2.22. The summed E-state index contributed by atoms with van der Waals surface area (Å²) in [6.07, 6.45) is 1.76. The lowest BCUT2D eigenvalue weighted by Gasteiger charge is -2.19. The number of anilines is 1. The van der Waals surface area contributed by atoms with E-state index in [4.69, 9.17) is 5.11 Å². The smallest absolute Gasteiger partial charge is 0.307 e. The Morgan fingerprint density at radius 3 is 2.83 bits per heavy atom. The van der Waals surface area contributed by atoms with Gasteiger partial charge in [0, 0.05) is 6.54 Å². The number of fused-ring (bicyclic) bond motifs is 1. The first-order valence-corrected chi connectivity index (χ1v) is 7.33. The fourth-order valence-electron chi connectivity index (χ4n) is 2.00. The van der Waals surface area contributed by atoms with Crippen LogP contribution in [0.15, 0.2) is 18.2 Å². The van der Waals surface area contributed by atoms with Gasteiger partial charge in [0.25, 0.3) is 0 Å². The summed E-state index contributed by atoms with van der Waals surface area (Å²) >= 11 is 0. The Balaban J connectivity index is 2.27. The van der Waals surface area contributed by atoms with E-state index in [-0.39, 0.29) is 6.42 Å². The third-order valence-corrected chi connectivity index (χ3v) is 3.23. The Kier molecular flexibility index (Phi) is 3.27. The van der Waals surface area contributed by atoms with Gasteiger partial charge in [-0.15, -0.1) is 4.83 Å². The van der Waals surface area contributed by atoms with E-state index in [1.165, 1.54) is 5.01 Å². The van der Waals surface area contributed by atoms with Crippen LogP contribution in [-0.4, -0.2) is 32.3 Å². The molecule has 18 heavy (non-hydrogen) atoms. The number of aliphatic carboxylic acids is 1. The molecule has 0 saturated carbocycles. The Morgan fingerprint density at radius 1 is 1.50 bits per heavy atom. The summed E-state index contributed by atoms with van der Waals surface area (Å²) in [5.74, 6) is -0.907. The summed E-state index contributed by atoms with van der Waals surface area (Å²) in [6, 6.07) is 5.32. The maximum atomic E-state index is 11.2. The first kappa shape index (κ1) is 12.8. The molecule has 0 fully saturated rings. The summed E-state index contributed by atoms with van der Waals surface area (Å²) in [4.78, 5) is 13.1. The summed E-state index contributed by atoms with van der Waals surface area (Å²) in [5.41, 5.74) is 2.41. The molecule has 0 unspecified atom stereocenters. The minimum absolute atomic E-state index is 0.0694. The molecule has 1 aliphatic rings. The van der Waals surface area contributed by atoms with Gasteiger partial charge in [0.2, 0.25) is 10.0 Å². The van der Waals surface area contributed by atoms with E-state index in [1.807, 2.05) is 6.07 Å². The molecule has 0 aromatic heterocycles. The molecule has 7 heteroatoms. The van der Waals surface area contributed by atoms with Crippen LogP contribution in [0.5, 0.6) is 0 Å². The molecule has 0 radical (unpaired) electrons. The quantitative estimate of drug-likeness (QED) is 0.812. The lowest BCUT2D eigenvalue weighted by atomic mass is 10.1. The zero-order valence-electron chi connectivity index (χ0n) is 9.88. The van der Waals surface area contributed by atoms with E-state index in [9.17, 15) is 13.2 Å². The van der Waals surface area contributed by atoms with Crippen LogP contribution in [0.2, 0.25) is 0 Å². The Hall–Kier alpha value is -1.60. The van der Waals surface area contributed by atoms with Crippen molar-refractivity contribution >= 4 is 21.7 Å². The van der Waals surface area contributed by atoms with Crippen LogP contribution in [0.3, 0.4) is 0 Å². The molecule has 1 aromatic rings. The van der Waals surface area contributed by atoms with E-state index < -0.39 is 16.0 Å². The van der Waals surface area contributed by atoms with Crippen LogP contribution in [0.25, 0.3) is 0 Å². The summed E-state index contributed by atoms with van der Waals surface area (Å²) < 4.78 is 22.4. The zero-order valence-corrected chi connectivity index (χ0v) is 10.7. The topological polar surface area (TPSA) is 86.7 Å². The highest BCUT2D eigenvalue weighted by atomic mass is 32.2. The Bertz CT molecular complexity index is 583. The second-order valence-corrected chi connectivity index (χ2v) is 6.03. The first-order valence-electron chi connectivity index (χ1n) is 5.44. The van der Waals surface area contributed by atoms with Crippen LogP contribution >= 0.6 is 0 Å². The van der Waals surface area contributed by atoms with Crippen molar-refractivity contribution in [1.82, 2.24) is 4.83 Å². The van der Waals surface area contributed by atoms with Crippen molar-refractivity contribution in [1.29, 1.82) is 0 Å². The predicted octanol–water partition coefficient (Wildman–Crippen LogP) is 0.140. The van der Waals surface area contributed by atoms with E-state index in [0.29, 0.717) is 12.1 Å². The average molecular weight is 270 g/mol. The lowest BCUT2D eigenvalue weighted by molar-refractivity contribution is -0.136. The van der Waals surface area contributed by atoms with Gasteiger partial charge in [-0.3, -0.25) is 9.80 Å².